The highest BCUT2D eigenvalue weighted by molar-refractivity contribution is 6.30. The number of nitrogens with zero attached hydrogens (tertiary/aromatic N) is 1. The van der Waals surface area contributed by atoms with Crippen LogP contribution < -0.4 is 0 Å². The van der Waals surface area contributed by atoms with Crippen LogP contribution in [0.2, 0.25) is 5.02 Å². The molecule has 0 radical (unpaired) electrons. The summed E-state index contributed by atoms with van der Waals surface area (Å²) in [5.74, 6) is 0. The van der Waals surface area contributed by atoms with Gasteiger partial charge in [-0.1, -0.05) is 61.2 Å². The molecule has 0 aromatic heterocycles. The van der Waals surface area contributed by atoms with Crippen molar-refractivity contribution in [3.63, 3.8) is 0 Å². The standard InChI is InChI=1S/C15H20ClNO/c1-2-3-4-5-6-15(17-18)12-9-13-7-10-14(16)11-8-13/h7-12,18H,2-6H2,1H3/b12-9+,17-15+. The third kappa shape index (κ3) is 5.87. The van der Waals surface area contributed by atoms with Gasteiger partial charge in [0.2, 0.25) is 0 Å². The molecular formula is C15H20ClNO. The zero-order valence-electron chi connectivity index (χ0n) is 10.8. The van der Waals surface area contributed by atoms with Gasteiger partial charge in [-0.15, -0.1) is 0 Å². The molecule has 0 aliphatic rings. The molecule has 18 heavy (non-hydrogen) atoms. The maximum Gasteiger partial charge on any atom is 0.0795 e. The summed E-state index contributed by atoms with van der Waals surface area (Å²) in [6.07, 6.45) is 9.31. The fourth-order valence-corrected chi connectivity index (χ4v) is 1.79. The first-order valence-corrected chi connectivity index (χ1v) is 6.78. The van der Waals surface area contributed by atoms with E-state index in [4.69, 9.17) is 16.8 Å². The number of unbranched alkanes of at least 4 members (excludes halogenated alkanes) is 3. The van der Waals surface area contributed by atoms with Crippen LogP contribution in [-0.2, 0) is 0 Å². The van der Waals surface area contributed by atoms with Gasteiger partial charge < -0.3 is 5.21 Å². The van der Waals surface area contributed by atoms with Crippen LogP contribution in [0, 0.1) is 0 Å². The number of hydrogen-bond acceptors (Lipinski definition) is 2. The Morgan fingerprint density at radius 3 is 2.56 bits per heavy atom. The third-order valence-electron chi connectivity index (χ3n) is 2.75. The van der Waals surface area contributed by atoms with Crippen molar-refractivity contribution in [2.24, 2.45) is 5.16 Å². The van der Waals surface area contributed by atoms with Crippen LogP contribution in [0.15, 0.2) is 35.5 Å². The number of oxime groups is 1. The number of halogens is 1. The minimum atomic E-state index is 0.723. The van der Waals surface area contributed by atoms with Gasteiger partial charge >= 0.3 is 0 Å². The first-order valence-electron chi connectivity index (χ1n) is 6.41. The highest BCUT2D eigenvalue weighted by atomic mass is 35.5. The Labute approximate surface area is 114 Å². The molecule has 0 atom stereocenters. The molecule has 0 aliphatic heterocycles. The van der Waals surface area contributed by atoms with Crippen molar-refractivity contribution >= 4 is 23.4 Å². The van der Waals surface area contributed by atoms with Crippen molar-refractivity contribution < 1.29 is 5.21 Å². The molecular weight excluding hydrogens is 246 g/mol. The van der Waals surface area contributed by atoms with E-state index in [-0.39, 0.29) is 0 Å². The molecule has 0 saturated heterocycles. The fourth-order valence-electron chi connectivity index (χ4n) is 1.67. The maximum absolute atomic E-state index is 8.92. The quantitative estimate of drug-likeness (QED) is 0.314. The number of allylic oxidation sites excluding steroid dienone is 1. The van der Waals surface area contributed by atoms with E-state index in [0.717, 1.165) is 29.1 Å². The van der Waals surface area contributed by atoms with Gasteiger partial charge in [0, 0.05) is 5.02 Å². The van der Waals surface area contributed by atoms with E-state index in [9.17, 15) is 0 Å². The molecule has 0 bridgehead atoms. The molecule has 0 unspecified atom stereocenters. The zero-order valence-corrected chi connectivity index (χ0v) is 11.5. The average Bonchev–Trinajstić information content (AvgIpc) is 2.40. The molecule has 0 heterocycles. The van der Waals surface area contributed by atoms with Crippen LogP contribution >= 0.6 is 11.6 Å². The summed E-state index contributed by atoms with van der Waals surface area (Å²) in [4.78, 5) is 0. The van der Waals surface area contributed by atoms with Crippen LogP contribution in [0.5, 0.6) is 0 Å². The summed E-state index contributed by atoms with van der Waals surface area (Å²) in [6, 6.07) is 7.56. The predicted octanol–water partition coefficient (Wildman–Crippen LogP) is 5.15. The molecule has 1 N–H and O–H groups in total. The molecule has 1 rings (SSSR count). The molecule has 0 saturated carbocycles. The second-order valence-corrected chi connectivity index (χ2v) is 4.72. The summed E-state index contributed by atoms with van der Waals surface area (Å²) in [7, 11) is 0. The minimum absolute atomic E-state index is 0.723. The lowest BCUT2D eigenvalue weighted by Crippen LogP contribution is -1.93. The van der Waals surface area contributed by atoms with Gasteiger partial charge in [0.25, 0.3) is 0 Å². The van der Waals surface area contributed by atoms with Gasteiger partial charge in [0.05, 0.1) is 5.71 Å². The van der Waals surface area contributed by atoms with Crippen molar-refractivity contribution in [3.05, 3.63) is 40.9 Å². The van der Waals surface area contributed by atoms with Gasteiger partial charge in [-0.25, -0.2) is 0 Å². The third-order valence-corrected chi connectivity index (χ3v) is 3.01. The van der Waals surface area contributed by atoms with Crippen molar-refractivity contribution in [1.82, 2.24) is 0 Å². The Balaban J connectivity index is 2.45. The van der Waals surface area contributed by atoms with Crippen molar-refractivity contribution in [2.75, 3.05) is 0 Å². The lowest BCUT2D eigenvalue weighted by atomic mass is 10.1. The highest BCUT2D eigenvalue weighted by Crippen LogP contribution is 2.11. The first-order chi connectivity index (χ1) is 8.76. The van der Waals surface area contributed by atoms with Crippen LogP contribution in [-0.4, -0.2) is 10.9 Å². The topological polar surface area (TPSA) is 32.6 Å². The minimum Gasteiger partial charge on any atom is -0.411 e. The van der Waals surface area contributed by atoms with Crippen molar-refractivity contribution in [1.29, 1.82) is 0 Å². The van der Waals surface area contributed by atoms with Gasteiger partial charge in [-0.05, 0) is 36.6 Å². The largest absolute Gasteiger partial charge is 0.411 e. The maximum atomic E-state index is 8.92. The molecule has 1 aromatic carbocycles. The Kier molecular flexibility index (Phi) is 7.19. The molecule has 0 aliphatic carbocycles. The fraction of sp³-hybridized carbons (Fsp3) is 0.400. The van der Waals surface area contributed by atoms with E-state index in [2.05, 4.69) is 12.1 Å². The molecule has 0 fully saturated rings. The van der Waals surface area contributed by atoms with Gasteiger partial charge in [-0.3, -0.25) is 0 Å². The van der Waals surface area contributed by atoms with E-state index in [0.29, 0.717) is 0 Å². The van der Waals surface area contributed by atoms with Crippen LogP contribution in [0.3, 0.4) is 0 Å². The summed E-state index contributed by atoms with van der Waals surface area (Å²) in [5.41, 5.74) is 1.77. The SMILES string of the molecule is CCCCCCC(/C=C/c1ccc(Cl)cc1)=N\O. The lowest BCUT2D eigenvalue weighted by molar-refractivity contribution is 0.318. The summed E-state index contributed by atoms with van der Waals surface area (Å²) < 4.78 is 0. The van der Waals surface area contributed by atoms with E-state index in [1.807, 2.05) is 36.4 Å². The number of benzene rings is 1. The number of hydrogen-bond donors (Lipinski definition) is 1. The summed E-state index contributed by atoms with van der Waals surface area (Å²) >= 11 is 5.81. The zero-order chi connectivity index (χ0) is 13.2. The molecule has 0 amide bonds. The molecule has 3 heteroatoms. The number of rotatable bonds is 7. The van der Waals surface area contributed by atoms with E-state index in [1.54, 1.807) is 0 Å². The first kappa shape index (κ1) is 14.8. The predicted molar refractivity (Wildman–Crippen MR) is 78.5 cm³/mol. The highest BCUT2D eigenvalue weighted by Gasteiger charge is 1.96. The second kappa shape index (κ2) is 8.76. The Bertz CT molecular complexity index is 395. The van der Waals surface area contributed by atoms with Crippen LogP contribution in [0.25, 0.3) is 6.08 Å². The molecule has 1 aromatic rings. The molecule has 0 spiro atoms. The summed E-state index contributed by atoms with van der Waals surface area (Å²) in [6.45, 7) is 2.18. The lowest BCUT2D eigenvalue weighted by Gasteiger charge is -1.99. The van der Waals surface area contributed by atoms with Crippen molar-refractivity contribution in [3.8, 4) is 0 Å². The smallest absolute Gasteiger partial charge is 0.0795 e. The van der Waals surface area contributed by atoms with E-state index >= 15 is 0 Å². The van der Waals surface area contributed by atoms with Crippen LogP contribution in [0.1, 0.15) is 44.6 Å². The van der Waals surface area contributed by atoms with E-state index < -0.39 is 0 Å². The second-order valence-electron chi connectivity index (χ2n) is 4.29. The molecule has 2 nitrogen and oxygen atoms in total. The van der Waals surface area contributed by atoms with Gasteiger partial charge in [0.1, 0.15) is 0 Å². The average molecular weight is 266 g/mol. The normalized spacial score (nSPS) is 12.2. The molecule has 98 valence electrons. The van der Waals surface area contributed by atoms with Gasteiger partial charge in [-0.2, -0.15) is 0 Å². The Morgan fingerprint density at radius 2 is 1.94 bits per heavy atom. The van der Waals surface area contributed by atoms with Crippen molar-refractivity contribution in [2.45, 2.75) is 39.0 Å². The van der Waals surface area contributed by atoms with Gasteiger partial charge in [0.15, 0.2) is 0 Å². The Morgan fingerprint density at radius 1 is 1.22 bits per heavy atom. The van der Waals surface area contributed by atoms with E-state index in [1.165, 1.54) is 19.3 Å². The summed E-state index contributed by atoms with van der Waals surface area (Å²) in [5, 5.41) is 13.0. The Hall–Kier alpha value is -1.28. The van der Waals surface area contributed by atoms with Crippen LogP contribution in [0.4, 0.5) is 0 Å². The monoisotopic (exact) mass is 265 g/mol.